The lowest BCUT2D eigenvalue weighted by atomic mass is 10.1. The molecule has 166 valence electrons. The number of phenolic OH excluding ortho intramolecular Hbond substituents is 1. The van der Waals surface area contributed by atoms with Gasteiger partial charge in [-0.1, -0.05) is 12.1 Å². The molecule has 1 unspecified atom stereocenters. The number of sulfonamides is 1. The number of piperidine rings is 1. The van der Waals surface area contributed by atoms with E-state index in [1.807, 2.05) is 0 Å². The van der Waals surface area contributed by atoms with Gasteiger partial charge in [-0.15, -0.1) is 0 Å². The minimum absolute atomic E-state index is 0.0225. The van der Waals surface area contributed by atoms with Crippen LogP contribution in [-0.2, 0) is 19.6 Å². The van der Waals surface area contributed by atoms with Gasteiger partial charge in [0.2, 0.25) is 21.8 Å². The monoisotopic (exact) mass is 445 g/mol. The predicted molar refractivity (Wildman–Crippen MR) is 116 cm³/mol. The second-order valence-electron chi connectivity index (χ2n) is 8.25. The van der Waals surface area contributed by atoms with Crippen molar-refractivity contribution in [1.29, 1.82) is 0 Å². The van der Waals surface area contributed by atoms with Crippen molar-refractivity contribution in [3.63, 3.8) is 0 Å². The third-order valence-corrected chi connectivity index (χ3v) is 7.60. The summed E-state index contributed by atoms with van der Waals surface area (Å²) in [4.78, 5) is 29.0. The number of benzene rings is 2. The van der Waals surface area contributed by atoms with Gasteiger partial charge in [-0.3, -0.25) is 9.59 Å². The number of phenols is 1. The maximum absolute atomic E-state index is 12.9. The van der Waals surface area contributed by atoms with Crippen LogP contribution in [0.1, 0.15) is 32.6 Å². The van der Waals surface area contributed by atoms with Crippen LogP contribution in [0.3, 0.4) is 0 Å². The number of likely N-dealkylation sites (tertiary alicyclic amines) is 2. The largest absolute Gasteiger partial charge is 0.508 e. The molecule has 8 nitrogen and oxygen atoms in total. The molecule has 0 spiro atoms. The molecule has 2 aliphatic rings. The SMILES string of the molecule is C[C@@H](C(=O)N1CCCCC1)N1CCC(NS(=O)(=O)c2ccc3ccc(O)cc3c2)C1=O. The highest BCUT2D eigenvalue weighted by molar-refractivity contribution is 7.89. The Bertz CT molecular complexity index is 1110. The van der Waals surface area contributed by atoms with Gasteiger partial charge in [-0.2, -0.15) is 4.72 Å². The van der Waals surface area contributed by atoms with Gasteiger partial charge in [-0.25, -0.2) is 8.42 Å². The first-order valence-corrected chi connectivity index (χ1v) is 12.1. The van der Waals surface area contributed by atoms with Crippen LogP contribution in [0, 0.1) is 0 Å². The lowest BCUT2D eigenvalue weighted by Crippen LogP contribution is -2.51. The van der Waals surface area contributed by atoms with Gasteiger partial charge in [0.05, 0.1) is 4.90 Å². The van der Waals surface area contributed by atoms with Crippen molar-refractivity contribution in [2.75, 3.05) is 19.6 Å². The molecule has 2 amide bonds. The zero-order valence-corrected chi connectivity index (χ0v) is 18.3. The summed E-state index contributed by atoms with van der Waals surface area (Å²) < 4.78 is 28.3. The van der Waals surface area contributed by atoms with Gasteiger partial charge >= 0.3 is 0 Å². The maximum atomic E-state index is 12.9. The molecule has 31 heavy (non-hydrogen) atoms. The molecule has 2 N–H and O–H groups in total. The Kier molecular flexibility index (Phi) is 5.90. The molecule has 2 fully saturated rings. The number of hydrogen-bond acceptors (Lipinski definition) is 5. The van der Waals surface area contributed by atoms with Crippen LogP contribution in [0.2, 0.25) is 0 Å². The van der Waals surface area contributed by atoms with Crippen molar-refractivity contribution in [2.45, 2.75) is 49.6 Å². The van der Waals surface area contributed by atoms with Crippen LogP contribution < -0.4 is 4.72 Å². The summed E-state index contributed by atoms with van der Waals surface area (Å²) in [6, 6.07) is 7.82. The Hall–Kier alpha value is -2.65. The zero-order chi connectivity index (χ0) is 22.2. The first-order valence-electron chi connectivity index (χ1n) is 10.6. The summed E-state index contributed by atoms with van der Waals surface area (Å²) in [6.45, 7) is 3.46. The highest BCUT2D eigenvalue weighted by atomic mass is 32.2. The average molecular weight is 446 g/mol. The quantitative estimate of drug-likeness (QED) is 0.730. The number of nitrogens with one attached hydrogen (secondary N) is 1. The summed E-state index contributed by atoms with van der Waals surface area (Å²) in [6.07, 6.45) is 3.36. The fraction of sp³-hybridized carbons (Fsp3) is 0.455. The highest BCUT2D eigenvalue weighted by Gasteiger charge is 2.40. The van der Waals surface area contributed by atoms with E-state index in [9.17, 15) is 23.1 Å². The zero-order valence-electron chi connectivity index (χ0n) is 17.5. The normalized spacial score (nSPS) is 20.9. The minimum Gasteiger partial charge on any atom is -0.508 e. The molecular formula is C22H27N3O5S. The van der Waals surface area contributed by atoms with Crippen molar-refractivity contribution in [2.24, 2.45) is 0 Å². The molecule has 9 heteroatoms. The second kappa shape index (κ2) is 8.47. The van der Waals surface area contributed by atoms with Crippen LogP contribution >= 0.6 is 0 Å². The van der Waals surface area contributed by atoms with E-state index in [0.717, 1.165) is 24.6 Å². The third kappa shape index (κ3) is 4.38. The number of nitrogens with zero attached hydrogens (tertiary/aromatic N) is 2. The van der Waals surface area contributed by atoms with Crippen molar-refractivity contribution in [1.82, 2.24) is 14.5 Å². The molecular weight excluding hydrogens is 418 g/mol. The number of carbonyl (C=O) groups is 2. The van der Waals surface area contributed by atoms with Crippen LogP contribution in [0.15, 0.2) is 41.3 Å². The van der Waals surface area contributed by atoms with Gasteiger partial charge in [0.25, 0.3) is 0 Å². The van der Waals surface area contributed by atoms with Crippen LogP contribution in [0.4, 0.5) is 0 Å². The highest BCUT2D eigenvalue weighted by Crippen LogP contribution is 2.24. The molecule has 2 heterocycles. The molecule has 0 bridgehead atoms. The summed E-state index contributed by atoms with van der Waals surface area (Å²) in [5.74, 6) is -0.408. The summed E-state index contributed by atoms with van der Waals surface area (Å²) in [7, 11) is -3.95. The molecule has 4 rings (SSSR count). The van der Waals surface area contributed by atoms with Crippen LogP contribution in [0.5, 0.6) is 5.75 Å². The maximum Gasteiger partial charge on any atom is 0.245 e. The fourth-order valence-electron chi connectivity index (χ4n) is 4.34. The molecule has 0 aliphatic carbocycles. The van der Waals surface area contributed by atoms with Gasteiger partial charge in [0.15, 0.2) is 0 Å². The van der Waals surface area contributed by atoms with Gasteiger partial charge in [-0.05, 0) is 67.6 Å². The van der Waals surface area contributed by atoms with Crippen molar-refractivity contribution >= 4 is 32.6 Å². The number of amides is 2. The fourth-order valence-corrected chi connectivity index (χ4v) is 5.60. The molecule has 0 radical (unpaired) electrons. The first-order chi connectivity index (χ1) is 14.8. The standard InChI is InChI=1S/C22H27N3O5S/c1-15(21(27)24-10-3-2-4-11-24)25-12-9-20(22(25)28)23-31(29,30)19-8-6-16-5-7-18(26)13-17(16)14-19/h5-8,13-15,20,23,26H,2-4,9-12H2,1H3/t15-,20?/m0/s1. The Morgan fingerprint density at radius 1 is 1.06 bits per heavy atom. The Labute approximate surface area is 181 Å². The van der Waals surface area contributed by atoms with Gasteiger partial charge in [0, 0.05) is 19.6 Å². The van der Waals surface area contributed by atoms with Crippen molar-refractivity contribution in [3.05, 3.63) is 36.4 Å². The smallest absolute Gasteiger partial charge is 0.245 e. The number of carbonyl (C=O) groups excluding carboxylic acids is 2. The summed E-state index contributed by atoms with van der Waals surface area (Å²) >= 11 is 0. The topological polar surface area (TPSA) is 107 Å². The van der Waals surface area contributed by atoms with E-state index in [1.165, 1.54) is 29.2 Å². The number of rotatable bonds is 5. The lowest BCUT2D eigenvalue weighted by molar-refractivity contribution is -0.143. The van der Waals surface area contributed by atoms with Crippen LogP contribution in [-0.4, -0.2) is 66.9 Å². The Morgan fingerprint density at radius 3 is 2.52 bits per heavy atom. The van der Waals surface area contributed by atoms with E-state index >= 15 is 0 Å². The first kappa shape index (κ1) is 21.6. The van der Waals surface area contributed by atoms with E-state index in [0.29, 0.717) is 31.4 Å². The van der Waals surface area contributed by atoms with E-state index in [-0.39, 0.29) is 22.5 Å². The summed E-state index contributed by atoms with van der Waals surface area (Å²) in [5.41, 5.74) is 0. The van der Waals surface area contributed by atoms with Gasteiger partial charge < -0.3 is 14.9 Å². The number of aromatic hydroxyl groups is 1. The number of hydrogen-bond donors (Lipinski definition) is 2. The summed E-state index contributed by atoms with van der Waals surface area (Å²) in [5, 5.41) is 11.0. The molecule has 0 aromatic heterocycles. The average Bonchev–Trinajstić information content (AvgIpc) is 3.12. The van der Waals surface area contributed by atoms with E-state index < -0.39 is 22.1 Å². The molecule has 2 atom stereocenters. The van der Waals surface area contributed by atoms with E-state index in [4.69, 9.17) is 0 Å². The Morgan fingerprint density at radius 2 is 1.77 bits per heavy atom. The molecule has 2 aliphatic heterocycles. The lowest BCUT2D eigenvalue weighted by Gasteiger charge is -2.32. The molecule has 0 saturated carbocycles. The van der Waals surface area contributed by atoms with Crippen LogP contribution in [0.25, 0.3) is 10.8 Å². The van der Waals surface area contributed by atoms with E-state index in [2.05, 4.69) is 4.72 Å². The molecule has 2 aromatic carbocycles. The Balaban J connectivity index is 1.47. The van der Waals surface area contributed by atoms with E-state index in [1.54, 1.807) is 24.0 Å². The molecule has 2 saturated heterocycles. The van der Waals surface area contributed by atoms with Crippen molar-refractivity contribution < 1.29 is 23.1 Å². The van der Waals surface area contributed by atoms with Gasteiger partial charge in [0.1, 0.15) is 17.8 Å². The number of fused-ring (bicyclic) bond motifs is 1. The second-order valence-corrected chi connectivity index (χ2v) is 9.96. The third-order valence-electron chi connectivity index (χ3n) is 6.14. The molecule has 2 aromatic rings. The predicted octanol–water partition coefficient (Wildman–Crippen LogP) is 1.83. The van der Waals surface area contributed by atoms with Crippen molar-refractivity contribution in [3.8, 4) is 5.75 Å². The minimum atomic E-state index is -3.95.